The van der Waals surface area contributed by atoms with E-state index in [2.05, 4.69) is 10.6 Å². The van der Waals surface area contributed by atoms with Crippen molar-refractivity contribution >= 4 is 11.9 Å². The molecule has 1 fully saturated rings. The van der Waals surface area contributed by atoms with Gasteiger partial charge in [-0.2, -0.15) is 0 Å². The maximum absolute atomic E-state index is 11.3. The van der Waals surface area contributed by atoms with Gasteiger partial charge in [0.2, 0.25) is 0 Å². The first kappa shape index (κ1) is 11.8. The number of rotatable bonds is 6. The zero-order valence-electron chi connectivity index (χ0n) is 9.01. The van der Waals surface area contributed by atoms with Crippen LogP contribution >= 0.6 is 0 Å². The second-order valence-corrected chi connectivity index (χ2v) is 4.01. The number of urea groups is 1. The predicted molar refractivity (Wildman–Crippen MR) is 59.9 cm³/mol. The molecule has 1 aliphatic carbocycles. The molecule has 0 saturated heterocycles. The third kappa shape index (κ3) is 5.24. The molecule has 0 heterocycles. The Morgan fingerprint density at radius 3 is 2.67 bits per heavy atom. The molecule has 86 valence electrons. The summed E-state index contributed by atoms with van der Waals surface area (Å²) in [5, 5.41) is 12.7. The monoisotopic (exact) mass is 212 g/mol. The van der Waals surface area contributed by atoms with Crippen molar-refractivity contribution < 1.29 is 4.79 Å². The van der Waals surface area contributed by atoms with E-state index in [0.29, 0.717) is 19.0 Å². The van der Waals surface area contributed by atoms with Gasteiger partial charge in [-0.15, -0.1) is 0 Å². The van der Waals surface area contributed by atoms with Gasteiger partial charge in [0.25, 0.3) is 0 Å². The predicted octanol–water partition coefficient (Wildman–Crippen LogP) is 0.944. The lowest BCUT2D eigenvalue weighted by atomic mass is 9.93. The van der Waals surface area contributed by atoms with Gasteiger partial charge in [-0.25, -0.2) is 4.79 Å². The molecule has 5 nitrogen and oxygen atoms in total. The molecule has 0 aromatic carbocycles. The van der Waals surface area contributed by atoms with Crippen LogP contribution in [0.1, 0.15) is 38.5 Å². The van der Waals surface area contributed by atoms with Crippen molar-refractivity contribution in [3.05, 3.63) is 0 Å². The van der Waals surface area contributed by atoms with Crippen LogP contribution in [0.2, 0.25) is 0 Å². The summed E-state index contributed by atoms with van der Waals surface area (Å²) in [6.07, 6.45) is 5.79. The average molecular weight is 212 g/mol. The first-order valence-corrected chi connectivity index (χ1v) is 5.56. The van der Waals surface area contributed by atoms with Gasteiger partial charge in [0, 0.05) is 19.0 Å². The van der Waals surface area contributed by atoms with Gasteiger partial charge in [0.1, 0.15) is 0 Å². The molecule has 1 rings (SSSR count). The number of carbonyl (C=O) groups is 1. The number of nitrogens with two attached hydrogens (primary N) is 1. The van der Waals surface area contributed by atoms with E-state index in [1.165, 1.54) is 6.42 Å². The summed E-state index contributed by atoms with van der Waals surface area (Å²) in [7, 11) is 0. The molecule has 0 radical (unpaired) electrons. The van der Waals surface area contributed by atoms with Gasteiger partial charge in [-0.05, 0) is 32.1 Å². The van der Waals surface area contributed by atoms with E-state index in [0.717, 1.165) is 25.7 Å². The van der Waals surface area contributed by atoms with Gasteiger partial charge in [0.05, 0.1) is 5.84 Å². The Labute approximate surface area is 90.3 Å². The molecule has 5 heteroatoms. The summed E-state index contributed by atoms with van der Waals surface area (Å²) >= 11 is 0. The molecule has 1 saturated carbocycles. The van der Waals surface area contributed by atoms with Crippen molar-refractivity contribution in [3.63, 3.8) is 0 Å². The van der Waals surface area contributed by atoms with Crippen LogP contribution in [0.3, 0.4) is 0 Å². The summed E-state index contributed by atoms with van der Waals surface area (Å²) in [6, 6.07) is 0.324. The van der Waals surface area contributed by atoms with Crippen molar-refractivity contribution in [2.24, 2.45) is 5.73 Å². The summed E-state index contributed by atoms with van der Waals surface area (Å²) in [6.45, 7) is 0.659. The minimum absolute atomic E-state index is 0.0671. The fourth-order valence-electron chi connectivity index (χ4n) is 1.43. The number of carbonyl (C=O) groups excluding carboxylic acids is 1. The molecule has 1 aliphatic rings. The third-order valence-electron chi connectivity index (χ3n) is 2.60. The first-order valence-electron chi connectivity index (χ1n) is 5.56. The molecule has 0 aromatic rings. The molecule has 0 atom stereocenters. The Hall–Kier alpha value is -1.26. The molecular weight excluding hydrogens is 192 g/mol. The highest BCUT2D eigenvalue weighted by atomic mass is 16.2. The smallest absolute Gasteiger partial charge is 0.315 e. The number of amides is 2. The topological polar surface area (TPSA) is 91.0 Å². The highest BCUT2D eigenvalue weighted by Crippen LogP contribution is 2.17. The Bertz CT molecular complexity index is 225. The first-order chi connectivity index (χ1) is 7.18. The largest absolute Gasteiger partial charge is 0.388 e. The number of nitrogens with one attached hydrogen (secondary N) is 3. The van der Waals surface area contributed by atoms with Gasteiger partial charge >= 0.3 is 6.03 Å². The summed E-state index contributed by atoms with van der Waals surface area (Å²) < 4.78 is 0. The second kappa shape index (κ2) is 6.27. The molecule has 15 heavy (non-hydrogen) atoms. The van der Waals surface area contributed by atoms with Crippen LogP contribution in [0.5, 0.6) is 0 Å². The second-order valence-electron chi connectivity index (χ2n) is 4.01. The molecule has 0 unspecified atom stereocenters. The van der Waals surface area contributed by atoms with E-state index in [1.54, 1.807) is 0 Å². The lowest BCUT2D eigenvalue weighted by Crippen LogP contribution is -2.45. The zero-order chi connectivity index (χ0) is 11.1. The van der Waals surface area contributed by atoms with E-state index >= 15 is 0 Å². The Kier molecular flexibility index (Phi) is 4.93. The van der Waals surface area contributed by atoms with Gasteiger partial charge < -0.3 is 16.4 Å². The summed E-state index contributed by atoms with van der Waals surface area (Å²) in [5.74, 6) is 0.217. The van der Waals surface area contributed by atoms with Crippen LogP contribution in [0.15, 0.2) is 0 Å². The number of hydrogen-bond acceptors (Lipinski definition) is 2. The van der Waals surface area contributed by atoms with Crippen molar-refractivity contribution in [2.45, 2.75) is 44.6 Å². The highest BCUT2D eigenvalue weighted by molar-refractivity contribution is 5.76. The molecule has 0 spiro atoms. The maximum Gasteiger partial charge on any atom is 0.315 e. The Balaban J connectivity index is 1.90. The zero-order valence-corrected chi connectivity index (χ0v) is 9.01. The van der Waals surface area contributed by atoms with Crippen molar-refractivity contribution in [1.29, 1.82) is 5.41 Å². The maximum atomic E-state index is 11.3. The minimum Gasteiger partial charge on any atom is -0.388 e. The van der Waals surface area contributed by atoms with E-state index < -0.39 is 0 Å². The third-order valence-corrected chi connectivity index (χ3v) is 2.60. The van der Waals surface area contributed by atoms with Crippen LogP contribution < -0.4 is 16.4 Å². The fourth-order valence-corrected chi connectivity index (χ4v) is 1.43. The van der Waals surface area contributed by atoms with Crippen LogP contribution in [-0.2, 0) is 0 Å². The summed E-state index contributed by atoms with van der Waals surface area (Å²) in [5.41, 5.74) is 5.21. The van der Waals surface area contributed by atoms with Gasteiger partial charge in [-0.1, -0.05) is 0 Å². The van der Waals surface area contributed by atoms with Crippen LogP contribution in [0.25, 0.3) is 0 Å². The number of unbranched alkanes of at least 4 members (excludes halogenated alkanes) is 1. The lowest BCUT2D eigenvalue weighted by Gasteiger charge is -2.26. The van der Waals surface area contributed by atoms with Crippen LogP contribution in [0.4, 0.5) is 4.79 Å². The number of hydrogen-bond donors (Lipinski definition) is 4. The highest BCUT2D eigenvalue weighted by Gasteiger charge is 2.18. The fraction of sp³-hybridized carbons (Fsp3) is 0.800. The van der Waals surface area contributed by atoms with Crippen LogP contribution in [0, 0.1) is 5.41 Å². The van der Waals surface area contributed by atoms with E-state index in [4.69, 9.17) is 11.1 Å². The molecule has 0 bridgehead atoms. The molecular formula is C10H20N4O. The lowest BCUT2D eigenvalue weighted by molar-refractivity contribution is 0.228. The molecule has 0 aliphatic heterocycles. The van der Waals surface area contributed by atoms with E-state index in [9.17, 15) is 4.79 Å². The normalized spacial score (nSPS) is 15.5. The molecule has 5 N–H and O–H groups in total. The standard InChI is InChI=1S/C10H20N4O/c11-9(12)6-1-2-7-13-10(15)14-8-4-3-5-8/h8H,1-7H2,(H3,11,12)(H2,13,14,15). The van der Waals surface area contributed by atoms with Gasteiger partial charge in [-0.3, -0.25) is 5.41 Å². The van der Waals surface area contributed by atoms with Crippen molar-refractivity contribution in [3.8, 4) is 0 Å². The van der Waals surface area contributed by atoms with Gasteiger partial charge in [0.15, 0.2) is 0 Å². The van der Waals surface area contributed by atoms with Crippen molar-refractivity contribution in [1.82, 2.24) is 10.6 Å². The molecule has 0 aromatic heterocycles. The Morgan fingerprint density at radius 2 is 2.13 bits per heavy atom. The van der Waals surface area contributed by atoms with E-state index in [-0.39, 0.29) is 11.9 Å². The Morgan fingerprint density at radius 1 is 1.40 bits per heavy atom. The van der Waals surface area contributed by atoms with E-state index in [1.807, 2.05) is 0 Å². The average Bonchev–Trinajstić information content (AvgIpc) is 2.10. The quantitative estimate of drug-likeness (QED) is 0.300. The number of amidine groups is 1. The van der Waals surface area contributed by atoms with Crippen LogP contribution in [-0.4, -0.2) is 24.5 Å². The summed E-state index contributed by atoms with van der Waals surface area (Å²) in [4.78, 5) is 11.3. The molecule has 2 amide bonds. The SMILES string of the molecule is N=C(N)CCCCNC(=O)NC1CCC1. The minimum atomic E-state index is -0.0671. The van der Waals surface area contributed by atoms with Crippen molar-refractivity contribution in [2.75, 3.05) is 6.54 Å².